The first-order chi connectivity index (χ1) is 7.77. The van der Waals surface area contributed by atoms with Gasteiger partial charge in [0.25, 0.3) is 0 Å². The van der Waals surface area contributed by atoms with Gasteiger partial charge < -0.3 is 15.2 Å². The van der Waals surface area contributed by atoms with Crippen molar-refractivity contribution in [3.8, 4) is 0 Å². The maximum atomic E-state index is 11.6. The number of hydrogen-bond acceptors (Lipinski definition) is 4. The highest BCUT2D eigenvalue weighted by atomic mass is 32.1. The second-order valence-electron chi connectivity index (χ2n) is 3.82. The molecule has 0 bridgehead atoms. The Hall–Kier alpha value is -0.910. The molecule has 0 aromatic carbocycles. The zero-order valence-corrected chi connectivity index (χ0v) is 9.70. The van der Waals surface area contributed by atoms with Gasteiger partial charge in [0, 0.05) is 13.2 Å². The van der Waals surface area contributed by atoms with E-state index in [9.17, 15) is 9.90 Å². The Morgan fingerprint density at radius 2 is 2.62 bits per heavy atom. The molecule has 2 atom stereocenters. The van der Waals surface area contributed by atoms with E-state index in [0.717, 1.165) is 18.4 Å². The van der Waals surface area contributed by atoms with E-state index in [2.05, 4.69) is 5.32 Å². The zero-order chi connectivity index (χ0) is 11.4. The summed E-state index contributed by atoms with van der Waals surface area (Å²) in [7, 11) is 0. The number of amides is 1. The van der Waals surface area contributed by atoms with Crippen molar-refractivity contribution in [3.63, 3.8) is 0 Å². The van der Waals surface area contributed by atoms with Crippen LogP contribution < -0.4 is 5.32 Å². The summed E-state index contributed by atoms with van der Waals surface area (Å²) in [5.74, 6) is -0.119. The van der Waals surface area contributed by atoms with Crippen molar-refractivity contribution in [2.24, 2.45) is 0 Å². The normalized spacial score (nSPS) is 21.9. The molecule has 88 valence electrons. The van der Waals surface area contributed by atoms with Crippen molar-refractivity contribution in [1.82, 2.24) is 5.32 Å². The summed E-state index contributed by atoms with van der Waals surface area (Å²) in [6.07, 6.45) is 0.761. The Morgan fingerprint density at radius 3 is 3.25 bits per heavy atom. The van der Waals surface area contributed by atoms with E-state index in [0.29, 0.717) is 6.61 Å². The van der Waals surface area contributed by atoms with Gasteiger partial charge in [-0.3, -0.25) is 4.79 Å². The van der Waals surface area contributed by atoms with Crippen LogP contribution in [0.4, 0.5) is 0 Å². The van der Waals surface area contributed by atoms with Gasteiger partial charge in [-0.05, 0) is 35.2 Å². The molecule has 1 aliphatic heterocycles. The number of aliphatic hydroxyl groups excluding tert-OH is 1. The maximum Gasteiger partial charge on any atom is 0.249 e. The summed E-state index contributed by atoms with van der Waals surface area (Å²) < 4.78 is 5.25. The highest BCUT2D eigenvalue weighted by Crippen LogP contribution is 2.16. The van der Waals surface area contributed by atoms with E-state index in [1.54, 1.807) is 0 Å². The predicted molar refractivity (Wildman–Crippen MR) is 61.3 cm³/mol. The molecule has 2 heterocycles. The molecular weight excluding hydrogens is 226 g/mol. The van der Waals surface area contributed by atoms with Crippen LogP contribution in [-0.4, -0.2) is 30.3 Å². The lowest BCUT2D eigenvalue weighted by Gasteiger charge is -2.13. The van der Waals surface area contributed by atoms with Crippen LogP contribution >= 0.6 is 11.3 Å². The van der Waals surface area contributed by atoms with E-state index >= 15 is 0 Å². The van der Waals surface area contributed by atoms with Gasteiger partial charge >= 0.3 is 0 Å². The molecule has 4 nitrogen and oxygen atoms in total. The third-order valence-electron chi connectivity index (χ3n) is 2.62. The molecule has 0 aliphatic carbocycles. The smallest absolute Gasteiger partial charge is 0.249 e. The van der Waals surface area contributed by atoms with Crippen LogP contribution in [0, 0.1) is 0 Å². The molecule has 1 aromatic heterocycles. The van der Waals surface area contributed by atoms with Crippen LogP contribution in [-0.2, 0) is 9.53 Å². The Kier molecular flexibility index (Phi) is 3.93. The van der Waals surface area contributed by atoms with Crippen molar-refractivity contribution in [2.45, 2.75) is 25.0 Å². The van der Waals surface area contributed by atoms with Gasteiger partial charge in [-0.1, -0.05) is 0 Å². The molecule has 0 radical (unpaired) electrons. The van der Waals surface area contributed by atoms with Crippen LogP contribution in [0.3, 0.4) is 0 Å². The van der Waals surface area contributed by atoms with Crippen LogP contribution in [0.5, 0.6) is 0 Å². The lowest BCUT2D eigenvalue weighted by atomic mass is 10.2. The van der Waals surface area contributed by atoms with E-state index in [-0.39, 0.29) is 18.6 Å². The Bertz CT molecular complexity index is 333. The van der Waals surface area contributed by atoms with Gasteiger partial charge in [-0.25, -0.2) is 0 Å². The quantitative estimate of drug-likeness (QED) is 0.829. The number of carbonyl (C=O) groups is 1. The first-order valence-corrected chi connectivity index (χ1v) is 6.31. The fraction of sp³-hybridized carbons (Fsp3) is 0.545. The Labute approximate surface area is 98.2 Å². The number of rotatable bonds is 4. The molecule has 1 aliphatic rings. The predicted octanol–water partition coefficient (Wildman–Crippen LogP) is 1.08. The maximum absolute atomic E-state index is 11.6. The second-order valence-corrected chi connectivity index (χ2v) is 4.60. The molecule has 1 saturated heterocycles. The number of carbonyl (C=O) groups excluding carboxylic acids is 1. The molecule has 2 unspecified atom stereocenters. The summed E-state index contributed by atoms with van der Waals surface area (Å²) in [5, 5.41) is 16.2. The largest absolute Gasteiger partial charge is 0.387 e. The molecule has 16 heavy (non-hydrogen) atoms. The minimum Gasteiger partial charge on any atom is -0.387 e. The van der Waals surface area contributed by atoms with Crippen molar-refractivity contribution in [2.75, 3.05) is 13.2 Å². The molecule has 1 fully saturated rings. The van der Waals surface area contributed by atoms with Crippen LogP contribution in [0.1, 0.15) is 24.5 Å². The van der Waals surface area contributed by atoms with Crippen molar-refractivity contribution < 1.29 is 14.6 Å². The minimum absolute atomic E-state index is 0.119. The molecule has 1 aromatic rings. The third kappa shape index (κ3) is 2.81. The lowest BCUT2D eigenvalue weighted by Crippen LogP contribution is -2.36. The highest BCUT2D eigenvalue weighted by Gasteiger charge is 2.23. The number of thiophene rings is 1. The standard InChI is InChI=1S/C11H15NO3S/c13-9(8-3-5-16-7-8)6-12-11(14)10-2-1-4-15-10/h3,5,7,9-10,13H,1-2,4,6H2,(H,12,14). The SMILES string of the molecule is O=C(NCC(O)c1ccsc1)C1CCCO1. The first-order valence-electron chi connectivity index (χ1n) is 5.37. The topological polar surface area (TPSA) is 58.6 Å². The number of aliphatic hydroxyl groups is 1. The summed E-state index contributed by atoms with van der Waals surface area (Å²) in [5.41, 5.74) is 0.845. The minimum atomic E-state index is -0.628. The van der Waals surface area contributed by atoms with Gasteiger partial charge in [0.1, 0.15) is 6.10 Å². The molecule has 2 N–H and O–H groups in total. The average Bonchev–Trinajstić information content (AvgIpc) is 2.95. The number of nitrogens with one attached hydrogen (secondary N) is 1. The van der Waals surface area contributed by atoms with Crippen molar-refractivity contribution in [1.29, 1.82) is 0 Å². The molecular formula is C11H15NO3S. The molecule has 0 spiro atoms. The number of ether oxygens (including phenoxy) is 1. The van der Waals surface area contributed by atoms with Crippen LogP contribution in [0.2, 0.25) is 0 Å². The van der Waals surface area contributed by atoms with E-state index in [1.165, 1.54) is 11.3 Å². The van der Waals surface area contributed by atoms with Crippen LogP contribution in [0.15, 0.2) is 16.8 Å². The summed E-state index contributed by atoms with van der Waals surface area (Å²) >= 11 is 1.53. The Morgan fingerprint density at radius 1 is 1.75 bits per heavy atom. The van der Waals surface area contributed by atoms with E-state index < -0.39 is 6.10 Å². The fourth-order valence-corrected chi connectivity index (χ4v) is 2.39. The van der Waals surface area contributed by atoms with Gasteiger partial charge in [-0.2, -0.15) is 11.3 Å². The van der Waals surface area contributed by atoms with Gasteiger partial charge in [-0.15, -0.1) is 0 Å². The van der Waals surface area contributed by atoms with Crippen molar-refractivity contribution >= 4 is 17.2 Å². The molecule has 0 saturated carbocycles. The molecule has 2 rings (SSSR count). The zero-order valence-electron chi connectivity index (χ0n) is 8.89. The average molecular weight is 241 g/mol. The van der Waals surface area contributed by atoms with E-state index in [1.807, 2.05) is 16.8 Å². The summed E-state index contributed by atoms with van der Waals surface area (Å²) in [6, 6.07) is 1.85. The van der Waals surface area contributed by atoms with Crippen LogP contribution in [0.25, 0.3) is 0 Å². The second kappa shape index (κ2) is 5.43. The van der Waals surface area contributed by atoms with Gasteiger partial charge in [0.05, 0.1) is 6.10 Å². The summed E-state index contributed by atoms with van der Waals surface area (Å²) in [6.45, 7) is 0.903. The van der Waals surface area contributed by atoms with Gasteiger partial charge in [0.2, 0.25) is 5.91 Å². The molecule has 1 amide bonds. The third-order valence-corrected chi connectivity index (χ3v) is 3.32. The van der Waals surface area contributed by atoms with Gasteiger partial charge in [0.15, 0.2) is 0 Å². The molecule has 5 heteroatoms. The number of hydrogen-bond donors (Lipinski definition) is 2. The first kappa shape index (κ1) is 11.6. The monoisotopic (exact) mass is 241 g/mol. The summed E-state index contributed by atoms with van der Waals surface area (Å²) in [4.78, 5) is 11.6. The Balaban J connectivity index is 1.76. The fourth-order valence-electron chi connectivity index (χ4n) is 1.68. The highest BCUT2D eigenvalue weighted by molar-refractivity contribution is 7.07. The van der Waals surface area contributed by atoms with E-state index in [4.69, 9.17) is 4.74 Å². The van der Waals surface area contributed by atoms with Crippen molar-refractivity contribution in [3.05, 3.63) is 22.4 Å². The lowest BCUT2D eigenvalue weighted by molar-refractivity contribution is -0.130.